The second-order valence-corrected chi connectivity index (χ2v) is 8.79. The van der Waals surface area contributed by atoms with Crippen molar-refractivity contribution < 1.29 is 0 Å². The highest BCUT2D eigenvalue weighted by Gasteiger charge is 2.29. The SMILES string of the molecule is CCN(CC)P1(=S)CC(C)=C(C)C1. The van der Waals surface area contributed by atoms with Crippen molar-refractivity contribution in [2.24, 2.45) is 0 Å². The molecule has 0 N–H and O–H groups in total. The van der Waals surface area contributed by atoms with Crippen molar-refractivity contribution in [3.8, 4) is 0 Å². The number of hydrogen-bond donors (Lipinski definition) is 0. The highest BCUT2D eigenvalue weighted by Crippen LogP contribution is 2.56. The number of rotatable bonds is 3. The molecule has 0 aromatic heterocycles. The number of nitrogens with zero attached hydrogens (tertiary/aromatic N) is 1. The highest BCUT2D eigenvalue weighted by atomic mass is 32.4. The van der Waals surface area contributed by atoms with Gasteiger partial charge in [0.05, 0.1) is 0 Å². The Morgan fingerprint density at radius 1 is 1.15 bits per heavy atom. The molecular weight excluding hydrogens is 197 g/mol. The molecular formula is C10H20NPS. The molecule has 1 nitrogen and oxygen atoms in total. The fourth-order valence-electron chi connectivity index (χ4n) is 2.01. The standard InChI is InChI=1S/C10H20NPS/c1-5-11(6-2)12(13)7-9(3)10(4)8-12/h5-8H2,1-4H3. The van der Waals surface area contributed by atoms with Gasteiger partial charge in [-0.3, -0.25) is 4.67 Å². The molecule has 0 spiro atoms. The van der Waals surface area contributed by atoms with Crippen LogP contribution in [0.5, 0.6) is 0 Å². The Balaban J connectivity index is 2.78. The zero-order valence-corrected chi connectivity index (χ0v) is 10.8. The summed E-state index contributed by atoms with van der Waals surface area (Å²) in [5.41, 5.74) is 3.10. The van der Waals surface area contributed by atoms with Gasteiger partial charge in [-0.2, -0.15) is 0 Å². The molecule has 0 amide bonds. The maximum atomic E-state index is 5.84. The van der Waals surface area contributed by atoms with Crippen molar-refractivity contribution in [1.82, 2.24) is 4.67 Å². The van der Waals surface area contributed by atoms with Crippen molar-refractivity contribution in [3.63, 3.8) is 0 Å². The van der Waals surface area contributed by atoms with E-state index in [0.29, 0.717) is 0 Å². The molecule has 1 aliphatic heterocycles. The highest BCUT2D eigenvalue weighted by molar-refractivity contribution is 8.13. The molecule has 0 unspecified atom stereocenters. The molecule has 1 heterocycles. The van der Waals surface area contributed by atoms with E-state index in [9.17, 15) is 0 Å². The summed E-state index contributed by atoms with van der Waals surface area (Å²) in [5.74, 6) is 0. The predicted octanol–water partition coefficient (Wildman–Crippen LogP) is 3.07. The van der Waals surface area contributed by atoms with Gasteiger partial charge in [0.2, 0.25) is 0 Å². The van der Waals surface area contributed by atoms with E-state index < -0.39 is 6.19 Å². The van der Waals surface area contributed by atoms with Crippen LogP contribution in [0.25, 0.3) is 0 Å². The third-order valence-electron chi connectivity index (χ3n) is 2.94. The maximum Gasteiger partial charge on any atom is 0.0228 e. The summed E-state index contributed by atoms with van der Waals surface area (Å²) in [6.45, 7) is 11.2. The van der Waals surface area contributed by atoms with Crippen LogP contribution < -0.4 is 0 Å². The van der Waals surface area contributed by atoms with Crippen LogP contribution in [0.2, 0.25) is 0 Å². The van der Waals surface area contributed by atoms with E-state index in [-0.39, 0.29) is 0 Å². The fraction of sp³-hybridized carbons (Fsp3) is 0.800. The van der Waals surface area contributed by atoms with Gasteiger partial charge in [0.1, 0.15) is 0 Å². The zero-order valence-electron chi connectivity index (χ0n) is 9.13. The van der Waals surface area contributed by atoms with E-state index in [4.69, 9.17) is 11.8 Å². The fourth-order valence-corrected chi connectivity index (χ4v) is 7.43. The van der Waals surface area contributed by atoms with Crippen LogP contribution in [0.1, 0.15) is 27.7 Å². The molecule has 0 atom stereocenters. The molecule has 0 aromatic rings. The van der Waals surface area contributed by atoms with Crippen molar-refractivity contribution in [1.29, 1.82) is 0 Å². The third-order valence-corrected chi connectivity index (χ3v) is 7.94. The molecule has 1 aliphatic rings. The Bertz CT molecular complexity index is 248. The Morgan fingerprint density at radius 2 is 1.54 bits per heavy atom. The molecule has 0 radical (unpaired) electrons. The number of allylic oxidation sites excluding steroid dienone is 2. The van der Waals surface area contributed by atoms with Gasteiger partial charge in [-0.1, -0.05) is 36.8 Å². The van der Waals surface area contributed by atoms with E-state index in [1.54, 1.807) is 11.1 Å². The van der Waals surface area contributed by atoms with Gasteiger partial charge >= 0.3 is 0 Å². The first-order valence-corrected chi connectivity index (χ1v) is 8.14. The minimum Gasteiger partial charge on any atom is -0.275 e. The normalized spacial score (nSPS) is 21.6. The van der Waals surface area contributed by atoms with E-state index in [1.165, 1.54) is 12.3 Å². The van der Waals surface area contributed by atoms with Gasteiger partial charge in [-0.05, 0) is 26.9 Å². The van der Waals surface area contributed by atoms with Crippen LogP contribution in [0.4, 0.5) is 0 Å². The third kappa shape index (κ3) is 2.23. The average Bonchev–Trinajstić information content (AvgIpc) is 2.29. The number of hydrogen-bond acceptors (Lipinski definition) is 1. The topological polar surface area (TPSA) is 3.24 Å². The van der Waals surface area contributed by atoms with Crippen molar-refractivity contribution in [2.75, 3.05) is 25.4 Å². The Kier molecular flexibility index (Phi) is 3.73. The average molecular weight is 217 g/mol. The quantitative estimate of drug-likeness (QED) is 0.528. The van der Waals surface area contributed by atoms with E-state index in [1.807, 2.05) is 0 Å². The second-order valence-electron chi connectivity index (χ2n) is 3.86. The first-order chi connectivity index (χ1) is 6.03. The zero-order chi connectivity index (χ0) is 10.1. The molecule has 0 saturated heterocycles. The first-order valence-electron chi connectivity index (χ1n) is 5.02. The maximum absolute atomic E-state index is 5.84. The molecule has 13 heavy (non-hydrogen) atoms. The van der Waals surface area contributed by atoms with Crippen LogP contribution in [-0.4, -0.2) is 30.1 Å². The van der Waals surface area contributed by atoms with Crippen LogP contribution in [0, 0.1) is 0 Å². The van der Waals surface area contributed by atoms with Crippen LogP contribution in [0.15, 0.2) is 11.1 Å². The second kappa shape index (κ2) is 4.25. The van der Waals surface area contributed by atoms with Crippen LogP contribution >= 0.6 is 6.19 Å². The lowest BCUT2D eigenvalue weighted by Crippen LogP contribution is -2.21. The van der Waals surface area contributed by atoms with Gasteiger partial charge in [-0.25, -0.2) is 0 Å². The molecule has 0 saturated carbocycles. The van der Waals surface area contributed by atoms with Crippen molar-refractivity contribution in [3.05, 3.63) is 11.1 Å². The Hall–Kier alpha value is 0.350. The van der Waals surface area contributed by atoms with Gasteiger partial charge < -0.3 is 0 Å². The molecule has 76 valence electrons. The smallest absolute Gasteiger partial charge is 0.0228 e. The summed E-state index contributed by atoms with van der Waals surface area (Å²) in [7, 11) is 0. The van der Waals surface area contributed by atoms with Crippen molar-refractivity contribution in [2.45, 2.75) is 27.7 Å². The van der Waals surface area contributed by atoms with Crippen LogP contribution in [-0.2, 0) is 11.8 Å². The van der Waals surface area contributed by atoms with E-state index in [0.717, 1.165) is 13.1 Å². The summed E-state index contributed by atoms with van der Waals surface area (Å²) < 4.78 is 2.52. The minimum absolute atomic E-state index is 1.12. The Morgan fingerprint density at radius 3 is 1.85 bits per heavy atom. The lowest BCUT2D eigenvalue weighted by molar-refractivity contribution is 0.507. The molecule has 1 rings (SSSR count). The molecule has 0 fully saturated rings. The van der Waals surface area contributed by atoms with Gasteiger partial charge in [0.25, 0.3) is 0 Å². The Labute approximate surface area is 87.3 Å². The molecule has 0 aromatic carbocycles. The molecule has 0 bridgehead atoms. The van der Waals surface area contributed by atoms with E-state index >= 15 is 0 Å². The van der Waals surface area contributed by atoms with Crippen molar-refractivity contribution >= 4 is 18.0 Å². The van der Waals surface area contributed by atoms with E-state index in [2.05, 4.69) is 32.4 Å². The van der Waals surface area contributed by atoms with Gasteiger partial charge in [0.15, 0.2) is 0 Å². The monoisotopic (exact) mass is 217 g/mol. The molecule has 0 aliphatic carbocycles. The predicted molar refractivity (Wildman–Crippen MR) is 65.3 cm³/mol. The summed E-state index contributed by atoms with van der Waals surface area (Å²) in [4.78, 5) is 0. The van der Waals surface area contributed by atoms with Crippen LogP contribution in [0.3, 0.4) is 0 Å². The summed E-state index contributed by atoms with van der Waals surface area (Å²) in [5, 5.41) is 0. The minimum atomic E-state index is -1.20. The van der Waals surface area contributed by atoms with Gasteiger partial charge in [0, 0.05) is 18.5 Å². The largest absolute Gasteiger partial charge is 0.275 e. The van der Waals surface area contributed by atoms with Gasteiger partial charge in [-0.15, -0.1) is 0 Å². The summed E-state index contributed by atoms with van der Waals surface area (Å²) in [6.07, 6.45) is 1.18. The lowest BCUT2D eigenvalue weighted by Gasteiger charge is -2.30. The molecule has 3 heteroatoms. The summed E-state index contributed by atoms with van der Waals surface area (Å²) >= 11 is 5.84. The summed E-state index contributed by atoms with van der Waals surface area (Å²) in [6, 6.07) is 0. The lowest BCUT2D eigenvalue weighted by atomic mass is 10.2. The first kappa shape index (κ1) is 11.4.